The maximum Gasteiger partial charge on any atom is 0.0462 e. The van der Waals surface area contributed by atoms with Crippen LogP contribution in [0.3, 0.4) is 0 Å². The molecule has 18 heavy (non-hydrogen) atoms. The van der Waals surface area contributed by atoms with Crippen molar-refractivity contribution in [1.82, 2.24) is 0 Å². The first-order valence-electron chi connectivity index (χ1n) is 8.20. The molecule has 0 rings (SSSR count). The van der Waals surface area contributed by atoms with E-state index >= 15 is 0 Å². The summed E-state index contributed by atoms with van der Waals surface area (Å²) >= 11 is 0. The van der Waals surface area contributed by atoms with E-state index < -0.39 is 0 Å². The Kier molecular flexibility index (Phi) is 16.9. The van der Waals surface area contributed by atoms with Crippen LogP contribution in [0, 0.1) is 6.92 Å². The van der Waals surface area contributed by atoms with Gasteiger partial charge in [0.25, 0.3) is 0 Å². The maximum atomic E-state index is 5.05. The number of hydrogen-bond donors (Lipinski definition) is 0. The Morgan fingerprint density at radius 3 is 1.22 bits per heavy atom. The molecule has 0 aromatic rings. The van der Waals surface area contributed by atoms with Gasteiger partial charge in [-0.2, -0.15) is 0 Å². The third-order valence-electron chi connectivity index (χ3n) is 3.60. The first-order chi connectivity index (χ1) is 8.91. The van der Waals surface area contributed by atoms with Gasteiger partial charge >= 0.3 is 0 Å². The van der Waals surface area contributed by atoms with Gasteiger partial charge in [-0.1, -0.05) is 90.4 Å². The molecule has 0 aliphatic heterocycles. The van der Waals surface area contributed by atoms with Crippen molar-refractivity contribution in [3.63, 3.8) is 0 Å². The highest BCUT2D eigenvalue weighted by atomic mass is 16.5. The Balaban J connectivity index is 2.86. The quantitative estimate of drug-likeness (QED) is 0.330. The van der Waals surface area contributed by atoms with Gasteiger partial charge in [0.05, 0.1) is 0 Å². The van der Waals surface area contributed by atoms with Crippen LogP contribution in [-0.4, -0.2) is 13.7 Å². The second-order valence-corrected chi connectivity index (χ2v) is 5.44. The highest BCUT2D eigenvalue weighted by molar-refractivity contribution is 4.49. The fraction of sp³-hybridized carbons (Fsp3) is 0.941. The van der Waals surface area contributed by atoms with Crippen LogP contribution in [0.15, 0.2) is 0 Å². The Bertz CT molecular complexity index is 118. The van der Waals surface area contributed by atoms with Crippen LogP contribution in [0.5, 0.6) is 0 Å². The summed E-state index contributed by atoms with van der Waals surface area (Å²) in [5.41, 5.74) is 0. The van der Waals surface area contributed by atoms with E-state index in [2.05, 4.69) is 6.92 Å². The van der Waals surface area contributed by atoms with E-state index in [0.717, 1.165) is 13.0 Å². The highest BCUT2D eigenvalue weighted by Gasteiger charge is 1.93. The lowest BCUT2D eigenvalue weighted by Gasteiger charge is -2.03. The standard InChI is InChI=1S/C17H35O/c1-3-4-5-6-7-8-9-10-11-12-13-14-15-16-17-18-2/h1,3-17H2,2H3. The second-order valence-electron chi connectivity index (χ2n) is 5.44. The first kappa shape index (κ1) is 18.0. The molecule has 1 radical (unpaired) electrons. The molecule has 0 atom stereocenters. The van der Waals surface area contributed by atoms with Crippen molar-refractivity contribution in [1.29, 1.82) is 0 Å². The van der Waals surface area contributed by atoms with E-state index in [1.165, 1.54) is 83.5 Å². The van der Waals surface area contributed by atoms with E-state index in [-0.39, 0.29) is 0 Å². The molecular formula is C17H35O. The average molecular weight is 255 g/mol. The number of unbranched alkanes of at least 4 members (excludes halogenated alkanes) is 13. The molecule has 0 spiro atoms. The molecule has 1 heteroatoms. The third kappa shape index (κ3) is 16.0. The van der Waals surface area contributed by atoms with Crippen LogP contribution in [0.25, 0.3) is 0 Å². The molecule has 0 saturated heterocycles. The smallest absolute Gasteiger partial charge is 0.0462 e. The van der Waals surface area contributed by atoms with Gasteiger partial charge in [0, 0.05) is 13.7 Å². The molecule has 1 nitrogen and oxygen atoms in total. The lowest BCUT2D eigenvalue weighted by atomic mass is 10.0. The molecule has 109 valence electrons. The topological polar surface area (TPSA) is 9.23 Å². The van der Waals surface area contributed by atoms with Crippen LogP contribution < -0.4 is 0 Å². The fourth-order valence-corrected chi connectivity index (χ4v) is 2.37. The molecule has 0 N–H and O–H groups in total. The van der Waals surface area contributed by atoms with Gasteiger partial charge in [0.2, 0.25) is 0 Å². The van der Waals surface area contributed by atoms with Gasteiger partial charge < -0.3 is 4.74 Å². The summed E-state index contributed by atoms with van der Waals surface area (Å²) in [6, 6.07) is 0. The molecule has 0 unspecified atom stereocenters. The predicted molar refractivity (Wildman–Crippen MR) is 81.9 cm³/mol. The zero-order valence-electron chi connectivity index (χ0n) is 12.7. The molecule has 0 saturated carbocycles. The van der Waals surface area contributed by atoms with Crippen LogP contribution in [-0.2, 0) is 4.74 Å². The minimum atomic E-state index is 0.939. The van der Waals surface area contributed by atoms with Crippen LogP contribution in [0.2, 0.25) is 0 Å². The van der Waals surface area contributed by atoms with Crippen molar-refractivity contribution in [3.8, 4) is 0 Å². The van der Waals surface area contributed by atoms with Crippen molar-refractivity contribution >= 4 is 0 Å². The van der Waals surface area contributed by atoms with Gasteiger partial charge in [-0.15, -0.1) is 0 Å². The van der Waals surface area contributed by atoms with E-state index in [0.29, 0.717) is 0 Å². The normalized spacial score (nSPS) is 11.0. The number of hydrogen-bond acceptors (Lipinski definition) is 1. The van der Waals surface area contributed by atoms with E-state index in [4.69, 9.17) is 4.74 Å². The lowest BCUT2D eigenvalue weighted by molar-refractivity contribution is 0.192. The number of ether oxygens (including phenoxy) is 1. The van der Waals surface area contributed by atoms with Gasteiger partial charge in [-0.05, 0) is 6.42 Å². The fourth-order valence-electron chi connectivity index (χ4n) is 2.37. The third-order valence-corrected chi connectivity index (χ3v) is 3.60. The molecule has 0 heterocycles. The van der Waals surface area contributed by atoms with E-state index in [1.807, 2.05) is 0 Å². The zero-order chi connectivity index (χ0) is 13.3. The Morgan fingerprint density at radius 2 is 0.889 bits per heavy atom. The van der Waals surface area contributed by atoms with Crippen LogP contribution in [0.4, 0.5) is 0 Å². The molecule has 0 amide bonds. The molecular weight excluding hydrogens is 220 g/mol. The van der Waals surface area contributed by atoms with Gasteiger partial charge in [0.15, 0.2) is 0 Å². The van der Waals surface area contributed by atoms with E-state index in [1.54, 1.807) is 7.11 Å². The second kappa shape index (κ2) is 17.0. The summed E-state index contributed by atoms with van der Waals surface area (Å²) in [7, 11) is 1.79. The van der Waals surface area contributed by atoms with Crippen LogP contribution >= 0.6 is 0 Å². The minimum absolute atomic E-state index is 0.939. The van der Waals surface area contributed by atoms with Gasteiger partial charge in [0.1, 0.15) is 0 Å². The number of rotatable bonds is 15. The molecule has 0 bridgehead atoms. The summed E-state index contributed by atoms with van der Waals surface area (Å²) < 4.78 is 5.05. The van der Waals surface area contributed by atoms with Gasteiger partial charge in [-0.25, -0.2) is 0 Å². The van der Waals surface area contributed by atoms with Crippen LogP contribution in [0.1, 0.15) is 89.9 Å². The maximum absolute atomic E-state index is 5.05. The Labute approximate surface area is 116 Å². The Hall–Kier alpha value is -0.0400. The summed E-state index contributed by atoms with van der Waals surface area (Å²) in [5.74, 6) is 0. The largest absolute Gasteiger partial charge is 0.385 e. The zero-order valence-corrected chi connectivity index (χ0v) is 12.7. The van der Waals surface area contributed by atoms with Crippen molar-refractivity contribution in [3.05, 3.63) is 6.92 Å². The summed E-state index contributed by atoms with van der Waals surface area (Å²) in [4.78, 5) is 0. The van der Waals surface area contributed by atoms with Crippen molar-refractivity contribution in [2.45, 2.75) is 89.9 Å². The summed E-state index contributed by atoms with van der Waals surface area (Å²) in [6.07, 6.45) is 19.3. The van der Waals surface area contributed by atoms with Crippen molar-refractivity contribution in [2.75, 3.05) is 13.7 Å². The first-order valence-corrected chi connectivity index (χ1v) is 8.20. The van der Waals surface area contributed by atoms with Crippen molar-refractivity contribution in [2.24, 2.45) is 0 Å². The highest BCUT2D eigenvalue weighted by Crippen LogP contribution is 2.12. The monoisotopic (exact) mass is 255 g/mol. The SMILES string of the molecule is [CH2]CCCCCCCCCCCCCCCOC. The Morgan fingerprint density at radius 1 is 0.556 bits per heavy atom. The van der Waals surface area contributed by atoms with E-state index in [9.17, 15) is 0 Å². The summed E-state index contributed by atoms with van der Waals surface area (Å²) in [5, 5.41) is 0. The average Bonchev–Trinajstić information content (AvgIpc) is 2.39. The molecule has 0 aromatic carbocycles. The van der Waals surface area contributed by atoms with Crippen molar-refractivity contribution < 1.29 is 4.74 Å². The van der Waals surface area contributed by atoms with Gasteiger partial charge in [-0.3, -0.25) is 0 Å². The lowest BCUT2D eigenvalue weighted by Crippen LogP contribution is -1.88. The molecule has 0 aliphatic rings. The molecule has 0 aliphatic carbocycles. The number of methoxy groups -OCH3 is 1. The molecule has 0 aromatic heterocycles. The predicted octanol–water partition coefficient (Wildman–Crippen LogP) is 5.93. The molecule has 0 fully saturated rings. The summed E-state index contributed by atoms with van der Waals surface area (Å²) in [6.45, 7) is 4.82. The minimum Gasteiger partial charge on any atom is -0.385 e.